The number of hydrogen-bond acceptors (Lipinski definition) is 3. The molecule has 0 saturated heterocycles. The fourth-order valence-electron chi connectivity index (χ4n) is 1.02. The number of benzene rings is 1. The summed E-state index contributed by atoms with van der Waals surface area (Å²) in [6.45, 7) is 0. The summed E-state index contributed by atoms with van der Waals surface area (Å²) in [4.78, 5) is 10.9. The van der Waals surface area contributed by atoms with Gasteiger partial charge in [-0.15, -0.1) is 12.6 Å². The SMILES string of the molecule is N#Cc1cc(Cl)c(S)c(CC(=O)O)c1. The normalized spacial score (nSPS) is 9.50. The number of carboxylic acid groups (broad SMARTS) is 1. The van der Waals surface area contributed by atoms with Crippen molar-refractivity contribution >= 4 is 30.2 Å². The molecule has 0 aliphatic carbocycles. The van der Waals surface area contributed by atoms with Gasteiger partial charge < -0.3 is 5.11 Å². The molecule has 0 aliphatic rings. The molecular formula is C9H6ClNO2S. The first-order valence-corrected chi connectivity index (χ1v) is 4.50. The van der Waals surface area contributed by atoms with Crippen molar-refractivity contribution in [2.75, 3.05) is 0 Å². The Hall–Kier alpha value is -1.18. The molecule has 0 saturated carbocycles. The first kappa shape index (κ1) is 10.9. The largest absolute Gasteiger partial charge is 0.481 e. The van der Waals surface area contributed by atoms with Crippen LogP contribution in [0.25, 0.3) is 0 Å². The van der Waals surface area contributed by atoms with Crippen molar-refractivity contribution in [2.24, 2.45) is 0 Å². The van der Waals surface area contributed by atoms with Crippen LogP contribution in [0, 0.1) is 11.3 Å². The van der Waals surface area contributed by atoms with Crippen LogP contribution in [0.3, 0.4) is 0 Å². The topological polar surface area (TPSA) is 61.1 Å². The predicted octanol–water partition coefficient (Wildman–Crippen LogP) is 2.13. The summed E-state index contributed by atoms with van der Waals surface area (Å²) in [5, 5.41) is 17.5. The number of carbonyl (C=O) groups is 1. The van der Waals surface area contributed by atoms with E-state index >= 15 is 0 Å². The smallest absolute Gasteiger partial charge is 0.307 e. The lowest BCUT2D eigenvalue weighted by Gasteiger charge is -2.04. The lowest BCUT2D eigenvalue weighted by Crippen LogP contribution is -2.01. The zero-order valence-electron chi connectivity index (χ0n) is 6.99. The van der Waals surface area contributed by atoms with Gasteiger partial charge in [-0.2, -0.15) is 5.26 Å². The van der Waals surface area contributed by atoms with Gasteiger partial charge >= 0.3 is 5.97 Å². The molecule has 14 heavy (non-hydrogen) atoms. The van der Waals surface area contributed by atoms with E-state index in [4.69, 9.17) is 22.0 Å². The van der Waals surface area contributed by atoms with Gasteiger partial charge in [-0.3, -0.25) is 4.79 Å². The third-order valence-electron chi connectivity index (χ3n) is 1.61. The van der Waals surface area contributed by atoms with Crippen molar-refractivity contribution in [3.05, 3.63) is 28.3 Å². The number of nitriles is 1. The van der Waals surface area contributed by atoms with E-state index in [1.807, 2.05) is 6.07 Å². The van der Waals surface area contributed by atoms with Crippen LogP contribution < -0.4 is 0 Å². The Balaban J connectivity index is 3.21. The molecule has 0 heterocycles. The number of hydrogen-bond donors (Lipinski definition) is 2. The lowest BCUT2D eigenvalue weighted by atomic mass is 10.1. The van der Waals surface area contributed by atoms with Crippen LogP contribution in [-0.2, 0) is 11.2 Å². The second kappa shape index (κ2) is 4.36. The highest BCUT2D eigenvalue weighted by Gasteiger charge is 2.09. The fraction of sp³-hybridized carbons (Fsp3) is 0.111. The number of rotatable bonds is 2. The minimum absolute atomic E-state index is 0.186. The number of aliphatic carboxylic acids is 1. The molecule has 0 fully saturated rings. The zero-order chi connectivity index (χ0) is 10.7. The Kier molecular flexibility index (Phi) is 3.39. The molecule has 72 valence electrons. The summed E-state index contributed by atoms with van der Waals surface area (Å²) in [6, 6.07) is 4.83. The lowest BCUT2D eigenvalue weighted by molar-refractivity contribution is -0.136. The van der Waals surface area contributed by atoms with E-state index in [1.54, 1.807) is 0 Å². The minimum atomic E-state index is -0.980. The van der Waals surface area contributed by atoms with E-state index in [-0.39, 0.29) is 6.42 Å². The van der Waals surface area contributed by atoms with Gasteiger partial charge in [-0.05, 0) is 17.7 Å². The van der Waals surface area contributed by atoms with Crippen molar-refractivity contribution in [1.29, 1.82) is 5.26 Å². The van der Waals surface area contributed by atoms with E-state index in [1.165, 1.54) is 12.1 Å². The highest BCUT2D eigenvalue weighted by Crippen LogP contribution is 2.26. The van der Waals surface area contributed by atoms with Crippen molar-refractivity contribution in [3.8, 4) is 6.07 Å². The van der Waals surface area contributed by atoms with Crippen LogP contribution in [0.15, 0.2) is 17.0 Å². The summed E-state index contributed by atoms with van der Waals surface area (Å²) < 4.78 is 0. The highest BCUT2D eigenvalue weighted by atomic mass is 35.5. The third kappa shape index (κ3) is 2.41. The molecule has 3 nitrogen and oxygen atoms in total. The maximum Gasteiger partial charge on any atom is 0.307 e. The molecule has 0 aliphatic heterocycles. The van der Waals surface area contributed by atoms with E-state index in [9.17, 15) is 4.79 Å². The number of nitrogens with zero attached hydrogens (tertiary/aromatic N) is 1. The van der Waals surface area contributed by atoms with Crippen LogP contribution in [-0.4, -0.2) is 11.1 Å². The second-order valence-electron chi connectivity index (χ2n) is 2.65. The van der Waals surface area contributed by atoms with Gasteiger partial charge in [0.2, 0.25) is 0 Å². The summed E-state index contributed by atoms with van der Waals surface area (Å²) in [5.41, 5.74) is 0.786. The second-order valence-corrected chi connectivity index (χ2v) is 3.50. The predicted molar refractivity (Wildman–Crippen MR) is 54.8 cm³/mol. The minimum Gasteiger partial charge on any atom is -0.481 e. The molecule has 1 N–H and O–H groups in total. The van der Waals surface area contributed by atoms with Crippen LogP contribution in [0.1, 0.15) is 11.1 Å². The Labute approximate surface area is 91.3 Å². The first-order valence-electron chi connectivity index (χ1n) is 3.68. The molecular weight excluding hydrogens is 222 g/mol. The third-order valence-corrected chi connectivity index (χ3v) is 2.57. The molecule has 1 aromatic carbocycles. The molecule has 1 rings (SSSR count). The van der Waals surface area contributed by atoms with Gasteiger partial charge in [0.15, 0.2) is 0 Å². The molecule has 0 spiro atoms. The maximum absolute atomic E-state index is 10.5. The van der Waals surface area contributed by atoms with E-state index in [0.717, 1.165) is 0 Å². The van der Waals surface area contributed by atoms with E-state index < -0.39 is 5.97 Å². The molecule has 0 aromatic heterocycles. The Morgan fingerprint density at radius 2 is 2.29 bits per heavy atom. The van der Waals surface area contributed by atoms with Crippen LogP contribution in [0.2, 0.25) is 5.02 Å². The summed E-state index contributed by atoms with van der Waals surface area (Å²) in [7, 11) is 0. The van der Waals surface area contributed by atoms with Crippen molar-refractivity contribution in [2.45, 2.75) is 11.3 Å². The van der Waals surface area contributed by atoms with Crippen LogP contribution in [0.4, 0.5) is 0 Å². The van der Waals surface area contributed by atoms with Gasteiger partial charge in [-0.25, -0.2) is 0 Å². The standard InChI is InChI=1S/C9H6ClNO2S/c10-7-2-5(4-11)1-6(9(7)14)3-8(12)13/h1-2,14H,3H2,(H,12,13). The van der Waals surface area contributed by atoms with Gasteiger partial charge in [0.1, 0.15) is 0 Å². The molecule has 0 amide bonds. The van der Waals surface area contributed by atoms with Crippen LogP contribution >= 0.6 is 24.2 Å². The summed E-state index contributed by atoms with van der Waals surface area (Å²) in [6.07, 6.45) is -0.186. The molecule has 0 radical (unpaired) electrons. The maximum atomic E-state index is 10.5. The van der Waals surface area contributed by atoms with E-state index in [2.05, 4.69) is 12.6 Å². The number of thiol groups is 1. The highest BCUT2D eigenvalue weighted by molar-refractivity contribution is 7.80. The van der Waals surface area contributed by atoms with Crippen molar-refractivity contribution in [1.82, 2.24) is 0 Å². The number of carboxylic acids is 1. The fourth-order valence-corrected chi connectivity index (χ4v) is 1.47. The summed E-state index contributed by atoms with van der Waals surface area (Å²) in [5.74, 6) is -0.980. The number of halogens is 1. The van der Waals surface area contributed by atoms with Gasteiger partial charge in [0.25, 0.3) is 0 Å². The average molecular weight is 228 g/mol. The van der Waals surface area contributed by atoms with Crippen LogP contribution in [0.5, 0.6) is 0 Å². The Morgan fingerprint density at radius 1 is 1.64 bits per heavy atom. The van der Waals surface area contributed by atoms with Gasteiger partial charge in [-0.1, -0.05) is 11.6 Å². The van der Waals surface area contributed by atoms with Crippen molar-refractivity contribution < 1.29 is 9.90 Å². The summed E-state index contributed by atoms with van der Waals surface area (Å²) >= 11 is 9.83. The Morgan fingerprint density at radius 3 is 2.79 bits per heavy atom. The zero-order valence-corrected chi connectivity index (χ0v) is 8.64. The molecule has 0 unspecified atom stereocenters. The first-order chi connectivity index (χ1) is 6.54. The Bertz CT molecular complexity index is 426. The molecule has 0 bridgehead atoms. The average Bonchev–Trinajstić information content (AvgIpc) is 2.11. The molecule has 1 aromatic rings. The van der Waals surface area contributed by atoms with Gasteiger partial charge in [0.05, 0.1) is 23.1 Å². The quantitative estimate of drug-likeness (QED) is 0.761. The van der Waals surface area contributed by atoms with E-state index in [0.29, 0.717) is 21.0 Å². The van der Waals surface area contributed by atoms with Gasteiger partial charge in [0, 0.05) is 4.90 Å². The molecule has 0 atom stereocenters. The monoisotopic (exact) mass is 227 g/mol. The van der Waals surface area contributed by atoms with Crippen molar-refractivity contribution in [3.63, 3.8) is 0 Å². The molecule has 5 heteroatoms.